The van der Waals surface area contributed by atoms with Gasteiger partial charge in [0.25, 0.3) is 0 Å². The lowest BCUT2D eigenvalue weighted by Gasteiger charge is -1.98. The number of benzene rings is 1. The van der Waals surface area contributed by atoms with E-state index in [0.29, 0.717) is 6.42 Å². The lowest BCUT2D eigenvalue weighted by molar-refractivity contribution is -0.107. The van der Waals surface area contributed by atoms with Crippen LogP contribution in [0.5, 0.6) is 0 Å². The van der Waals surface area contributed by atoms with Gasteiger partial charge in [0, 0.05) is 13.6 Å². The molecule has 0 aliphatic carbocycles. The van der Waals surface area contributed by atoms with E-state index in [9.17, 15) is 4.79 Å². The fraction of sp³-hybridized carbons (Fsp3) is 0.125. The van der Waals surface area contributed by atoms with Crippen molar-refractivity contribution in [2.75, 3.05) is 0 Å². The predicted octanol–water partition coefficient (Wildman–Crippen LogP) is 2.64. The van der Waals surface area contributed by atoms with Crippen LogP contribution < -0.4 is 0 Å². The monoisotopic (exact) mass is 372 g/mol. The van der Waals surface area contributed by atoms with Crippen molar-refractivity contribution in [1.82, 2.24) is 0 Å². The zero-order valence-electron chi connectivity index (χ0n) is 5.68. The van der Waals surface area contributed by atoms with Gasteiger partial charge in [-0.3, -0.25) is 0 Å². The molecule has 0 heterocycles. The van der Waals surface area contributed by atoms with E-state index in [1.54, 1.807) is 0 Å². The Hall–Kier alpha value is 0.350. The molecule has 0 aromatic heterocycles. The molecule has 0 unspecified atom stereocenters. The van der Waals surface area contributed by atoms with Crippen molar-refractivity contribution in [1.29, 1.82) is 0 Å². The van der Waals surface area contributed by atoms with Crippen molar-refractivity contribution in [3.63, 3.8) is 0 Å². The second-order valence-corrected chi connectivity index (χ2v) is 4.44. The molecule has 0 amide bonds. The predicted molar refractivity (Wildman–Crippen MR) is 61.6 cm³/mol. The number of hydrogen-bond donors (Lipinski definition) is 0. The van der Waals surface area contributed by atoms with Gasteiger partial charge in [0.15, 0.2) is 0 Å². The average molecular weight is 372 g/mol. The molecule has 0 bridgehead atoms. The number of halogens is 2. The Kier molecular flexibility index (Phi) is 3.77. The number of aldehydes is 1. The Morgan fingerprint density at radius 1 is 1.27 bits per heavy atom. The van der Waals surface area contributed by atoms with Crippen molar-refractivity contribution in [2.45, 2.75) is 6.42 Å². The van der Waals surface area contributed by atoms with Crippen LogP contribution in [0.15, 0.2) is 18.2 Å². The Bertz CT molecular complexity index is 271. The van der Waals surface area contributed by atoms with E-state index in [-0.39, 0.29) is 0 Å². The normalized spacial score (nSPS) is 9.64. The molecule has 3 heteroatoms. The first-order valence-corrected chi connectivity index (χ1v) is 5.27. The van der Waals surface area contributed by atoms with E-state index < -0.39 is 0 Å². The van der Waals surface area contributed by atoms with Crippen LogP contribution >= 0.6 is 45.2 Å². The fourth-order valence-corrected chi connectivity index (χ4v) is 1.68. The van der Waals surface area contributed by atoms with Crippen LogP contribution in [0, 0.1) is 7.14 Å². The van der Waals surface area contributed by atoms with Crippen molar-refractivity contribution >= 4 is 51.5 Å². The fourth-order valence-electron chi connectivity index (χ4n) is 0.763. The van der Waals surface area contributed by atoms with Crippen molar-refractivity contribution in [3.05, 3.63) is 30.9 Å². The zero-order chi connectivity index (χ0) is 8.27. The molecular formula is C8H6I2O. The van der Waals surface area contributed by atoms with Gasteiger partial charge in [-0.25, -0.2) is 0 Å². The lowest BCUT2D eigenvalue weighted by atomic mass is 10.2. The highest BCUT2D eigenvalue weighted by atomic mass is 127. The van der Waals surface area contributed by atoms with E-state index >= 15 is 0 Å². The third-order valence-corrected chi connectivity index (χ3v) is 4.17. The van der Waals surface area contributed by atoms with E-state index in [1.165, 1.54) is 7.14 Å². The Labute approximate surface area is 92.8 Å². The summed E-state index contributed by atoms with van der Waals surface area (Å²) in [5.74, 6) is 0. The highest BCUT2D eigenvalue weighted by Crippen LogP contribution is 2.16. The molecule has 0 aliphatic rings. The van der Waals surface area contributed by atoms with Gasteiger partial charge in [-0.1, -0.05) is 6.07 Å². The molecule has 0 saturated heterocycles. The van der Waals surface area contributed by atoms with Crippen molar-refractivity contribution in [2.24, 2.45) is 0 Å². The summed E-state index contributed by atoms with van der Waals surface area (Å²) in [6.07, 6.45) is 1.45. The molecule has 1 aromatic carbocycles. The molecule has 0 spiro atoms. The minimum atomic E-state index is 0.521. The van der Waals surface area contributed by atoms with Gasteiger partial charge < -0.3 is 4.79 Å². The van der Waals surface area contributed by atoms with E-state index in [1.807, 2.05) is 18.2 Å². The minimum Gasteiger partial charge on any atom is -0.303 e. The number of hydrogen-bond acceptors (Lipinski definition) is 1. The van der Waals surface area contributed by atoms with Crippen LogP contribution in [0.3, 0.4) is 0 Å². The molecule has 1 rings (SSSR count). The van der Waals surface area contributed by atoms with E-state index in [4.69, 9.17) is 0 Å². The summed E-state index contributed by atoms with van der Waals surface area (Å²) >= 11 is 4.54. The minimum absolute atomic E-state index is 0.521. The highest BCUT2D eigenvalue weighted by Gasteiger charge is 1.96. The van der Waals surface area contributed by atoms with Crippen LogP contribution in [-0.4, -0.2) is 6.29 Å². The topological polar surface area (TPSA) is 17.1 Å². The number of carbonyl (C=O) groups is 1. The zero-order valence-corrected chi connectivity index (χ0v) is 10.00. The molecule has 1 aromatic rings. The maximum absolute atomic E-state index is 10.2. The second kappa shape index (κ2) is 4.39. The smallest absolute Gasteiger partial charge is 0.124 e. The molecule has 0 N–H and O–H groups in total. The summed E-state index contributed by atoms with van der Waals surface area (Å²) in [5, 5.41) is 0. The van der Waals surface area contributed by atoms with Crippen molar-refractivity contribution in [3.8, 4) is 0 Å². The average Bonchev–Trinajstić information content (AvgIpc) is 1.98. The summed E-state index contributed by atoms with van der Waals surface area (Å²) in [6.45, 7) is 0. The lowest BCUT2D eigenvalue weighted by Crippen LogP contribution is -1.88. The summed E-state index contributed by atoms with van der Waals surface area (Å²) in [7, 11) is 0. The van der Waals surface area contributed by atoms with Crippen LogP contribution in [-0.2, 0) is 11.2 Å². The van der Waals surface area contributed by atoms with Crippen LogP contribution in [0.4, 0.5) is 0 Å². The molecule has 58 valence electrons. The molecule has 0 radical (unpaired) electrons. The quantitative estimate of drug-likeness (QED) is 0.577. The molecule has 0 fully saturated rings. The van der Waals surface area contributed by atoms with Gasteiger partial charge in [0.1, 0.15) is 6.29 Å². The number of carbonyl (C=O) groups excluding carboxylic acids is 1. The van der Waals surface area contributed by atoms with Gasteiger partial charge in [0.05, 0.1) is 0 Å². The molecular weight excluding hydrogens is 366 g/mol. The maximum Gasteiger partial charge on any atom is 0.124 e. The van der Waals surface area contributed by atoms with Gasteiger partial charge in [-0.05, 0) is 62.9 Å². The van der Waals surface area contributed by atoms with Gasteiger partial charge in [0.2, 0.25) is 0 Å². The van der Waals surface area contributed by atoms with E-state index in [2.05, 4.69) is 45.2 Å². The summed E-state index contributed by atoms with van der Waals surface area (Å²) in [6, 6.07) is 6.05. The number of rotatable bonds is 2. The van der Waals surface area contributed by atoms with Gasteiger partial charge in [-0.15, -0.1) is 0 Å². The third kappa shape index (κ3) is 2.70. The Morgan fingerprint density at radius 2 is 2.00 bits per heavy atom. The van der Waals surface area contributed by atoms with Gasteiger partial charge in [-0.2, -0.15) is 0 Å². The highest BCUT2D eigenvalue weighted by molar-refractivity contribution is 14.1. The Morgan fingerprint density at radius 3 is 2.55 bits per heavy atom. The Balaban J connectivity index is 2.95. The van der Waals surface area contributed by atoms with Crippen molar-refractivity contribution < 1.29 is 4.79 Å². The van der Waals surface area contributed by atoms with Crippen LogP contribution in [0.25, 0.3) is 0 Å². The standard InChI is InChI=1S/C8H6I2O/c9-7-2-1-6(3-4-11)5-8(7)10/h1-2,4-5H,3H2. The first-order valence-electron chi connectivity index (χ1n) is 3.11. The largest absolute Gasteiger partial charge is 0.303 e. The maximum atomic E-state index is 10.2. The molecule has 11 heavy (non-hydrogen) atoms. The second-order valence-electron chi connectivity index (χ2n) is 2.12. The molecule has 0 atom stereocenters. The van der Waals surface area contributed by atoms with Crippen LogP contribution in [0.1, 0.15) is 5.56 Å². The molecule has 1 nitrogen and oxygen atoms in total. The molecule has 0 aliphatic heterocycles. The SMILES string of the molecule is O=CCc1ccc(I)c(I)c1. The van der Waals surface area contributed by atoms with Crippen LogP contribution in [0.2, 0.25) is 0 Å². The van der Waals surface area contributed by atoms with Gasteiger partial charge >= 0.3 is 0 Å². The first kappa shape index (κ1) is 9.44. The van der Waals surface area contributed by atoms with E-state index in [0.717, 1.165) is 11.8 Å². The first-order chi connectivity index (χ1) is 5.24. The molecule has 0 saturated carbocycles. The summed E-state index contributed by atoms with van der Waals surface area (Å²) in [4.78, 5) is 10.2. The summed E-state index contributed by atoms with van der Waals surface area (Å²) in [5.41, 5.74) is 1.09. The summed E-state index contributed by atoms with van der Waals surface area (Å²) < 4.78 is 2.44. The third-order valence-electron chi connectivity index (χ3n) is 1.30.